The molecule has 0 saturated carbocycles. The number of hydrogen-bond donors (Lipinski definition) is 2. The van der Waals surface area contributed by atoms with Crippen LogP contribution in [-0.4, -0.2) is 72.3 Å². The van der Waals surface area contributed by atoms with Gasteiger partial charge >= 0.3 is 5.97 Å². The second kappa shape index (κ2) is 11.7. The molecule has 1 fully saturated rings. The van der Waals surface area contributed by atoms with Gasteiger partial charge in [0.05, 0.1) is 30.0 Å². The first kappa shape index (κ1) is 26.5. The number of ether oxygens (including phenoxy) is 2. The highest BCUT2D eigenvalue weighted by Crippen LogP contribution is 2.30. The summed E-state index contributed by atoms with van der Waals surface area (Å²) in [4.78, 5) is 30.5. The fourth-order valence-corrected chi connectivity index (χ4v) is 4.70. The largest absolute Gasteiger partial charge is 0.496 e. The van der Waals surface area contributed by atoms with Crippen LogP contribution in [0.5, 0.6) is 5.75 Å². The lowest BCUT2D eigenvalue weighted by atomic mass is 10.1. The van der Waals surface area contributed by atoms with E-state index in [1.165, 1.54) is 0 Å². The summed E-state index contributed by atoms with van der Waals surface area (Å²) in [5.74, 6) is 1.69. The molecule has 1 aliphatic rings. The smallest absolute Gasteiger partial charge is 0.340 e. The third-order valence-electron chi connectivity index (χ3n) is 7.22. The van der Waals surface area contributed by atoms with Crippen LogP contribution >= 0.6 is 0 Å². The zero-order valence-corrected chi connectivity index (χ0v) is 23.0. The van der Waals surface area contributed by atoms with Crippen LogP contribution in [-0.2, 0) is 11.2 Å². The Morgan fingerprint density at radius 2 is 1.90 bits per heavy atom. The van der Waals surface area contributed by atoms with Gasteiger partial charge in [-0.1, -0.05) is 25.1 Å². The maximum atomic E-state index is 12.9. The Morgan fingerprint density at radius 1 is 1.10 bits per heavy atom. The van der Waals surface area contributed by atoms with Gasteiger partial charge in [0, 0.05) is 56.1 Å². The molecule has 1 saturated heterocycles. The van der Waals surface area contributed by atoms with Crippen LogP contribution in [0.1, 0.15) is 42.0 Å². The molecule has 1 aliphatic heterocycles. The number of aromatic amines is 1. The molecular weight excluding hydrogens is 492 g/mol. The molecule has 0 aliphatic carbocycles. The molecule has 3 heterocycles. The highest BCUT2D eigenvalue weighted by atomic mass is 16.5. The van der Waals surface area contributed by atoms with Gasteiger partial charge in [-0.05, 0) is 44.7 Å². The molecule has 2 aromatic heterocycles. The van der Waals surface area contributed by atoms with Gasteiger partial charge in [0.15, 0.2) is 5.82 Å². The SMILES string of the molecule is CCC(C)OC(=O)c1ccccc1Nc1nc(Cc2ccc(N3CCN(C)CC3)cc2OC)nc2cc[nH]c12. The van der Waals surface area contributed by atoms with E-state index in [-0.39, 0.29) is 12.1 Å². The Balaban J connectivity index is 1.42. The van der Waals surface area contributed by atoms with Crippen molar-refractivity contribution in [2.75, 3.05) is 50.6 Å². The Hall–Kier alpha value is -4.11. The number of esters is 1. The van der Waals surface area contributed by atoms with E-state index in [2.05, 4.69) is 45.3 Å². The molecule has 0 radical (unpaired) electrons. The molecule has 9 nitrogen and oxygen atoms in total. The zero-order valence-electron chi connectivity index (χ0n) is 23.0. The number of nitrogens with zero attached hydrogens (tertiary/aromatic N) is 4. The quantitative estimate of drug-likeness (QED) is 0.293. The predicted octanol–water partition coefficient (Wildman–Crippen LogP) is 5.01. The summed E-state index contributed by atoms with van der Waals surface area (Å²) in [5, 5.41) is 3.36. The van der Waals surface area contributed by atoms with Crippen molar-refractivity contribution in [1.82, 2.24) is 19.9 Å². The average Bonchev–Trinajstić information content (AvgIpc) is 3.43. The Morgan fingerprint density at radius 3 is 2.67 bits per heavy atom. The van der Waals surface area contributed by atoms with Crippen molar-refractivity contribution in [2.24, 2.45) is 0 Å². The van der Waals surface area contributed by atoms with Crippen molar-refractivity contribution < 1.29 is 14.3 Å². The number of likely N-dealkylation sites (N-methyl/N-ethyl adjacent to an activating group) is 1. The monoisotopic (exact) mass is 528 g/mol. The summed E-state index contributed by atoms with van der Waals surface area (Å²) in [6.45, 7) is 7.95. The van der Waals surface area contributed by atoms with E-state index in [9.17, 15) is 4.79 Å². The second-order valence-electron chi connectivity index (χ2n) is 9.98. The fourth-order valence-electron chi connectivity index (χ4n) is 4.70. The van der Waals surface area contributed by atoms with Crippen LogP contribution in [0.25, 0.3) is 11.0 Å². The minimum atomic E-state index is -0.366. The topological polar surface area (TPSA) is 95.6 Å². The number of anilines is 3. The maximum Gasteiger partial charge on any atom is 0.340 e. The lowest BCUT2D eigenvalue weighted by molar-refractivity contribution is 0.0335. The molecule has 9 heteroatoms. The standard InChI is InChI=1S/C30H36N6O3/c1-5-20(2)39-30(37)23-8-6-7-9-24(23)33-29-28-25(12-13-31-28)32-27(34-29)18-21-10-11-22(19-26(21)38-4)36-16-14-35(3)15-17-36/h6-13,19-20,31H,5,14-18H2,1-4H3,(H,32,33,34). The number of carbonyl (C=O) groups excluding carboxylic acids is 1. The van der Waals surface area contributed by atoms with Crippen LogP contribution in [0.15, 0.2) is 54.7 Å². The molecule has 204 valence electrons. The predicted molar refractivity (Wildman–Crippen MR) is 154 cm³/mol. The first-order chi connectivity index (χ1) is 18.9. The normalized spacial score (nSPS) is 14.8. The van der Waals surface area contributed by atoms with Gasteiger partial charge < -0.3 is 29.6 Å². The highest BCUT2D eigenvalue weighted by molar-refractivity contribution is 5.98. The van der Waals surface area contributed by atoms with E-state index in [4.69, 9.17) is 19.4 Å². The number of para-hydroxylation sites is 1. The Labute approximate surface area is 229 Å². The molecule has 39 heavy (non-hydrogen) atoms. The van der Waals surface area contributed by atoms with Crippen LogP contribution in [0.4, 0.5) is 17.2 Å². The van der Waals surface area contributed by atoms with Crippen LogP contribution in [0.2, 0.25) is 0 Å². The van der Waals surface area contributed by atoms with Crippen molar-refractivity contribution in [3.63, 3.8) is 0 Å². The molecule has 4 aromatic rings. The van der Waals surface area contributed by atoms with Crippen molar-refractivity contribution >= 4 is 34.2 Å². The van der Waals surface area contributed by atoms with Crippen molar-refractivity contribution in [3.05, 3.63) is 71.7 Å². The molecule has 2 aromatic carbocycles. The fraction of sp³-hybridized carbons (Fsp3) is 0.367. The molecular formula is C30H36N6O3. The summed E-state index contributed by atoms with van der Waals surface area (Å²) in [6, 6.07) is 15.6. The lowest BCUT2D eigenvalue weighted by Crippen LogP contribution is -2.44. The van der Waals surface area contributed by atoms with Crippen molar-refractivity contribution in [3.8, 4) is 5.75 Å². The molecule has 0 spiro atoms. The van der Waals surface area contributed by atoms with E-state index >= 15 is 0 Å². The van der Waals surface area contributed by atoms with Crippen LogP contribution < -0.4 is 15.0 Å². The second-order valence-corrected chi connectivity index (χ2v) is 9.98. The number of benzene rings is 2. The minimum Gasteiger partial charge on any atom is -0.496 e. The minimum absolute atomic E-state index is 0.163. The Kier molecular flexibility index (Phi) is 7.97. The lowest BCUT2D eigenvalue weighted by Gasteiger charge is -2.34. The number of nitrogens with one attached hydrogen (secondary N) is 2. The number of fused-ring (bicyclic) bond motifs is 1. The molecule has 2 N–H and O–H groups in total. The number of aromatic nitrogens is 3. The third-order valence-corrected chi connectivity index (χ3v) is 7.22. The third kappa shape index (κ3) is 5.98. The van der Waals surface area contributed by atoms with Gasteiger partial charge in [-0.2, -0.15) is 0 Å². The van der Waals surface area contributed by atoms with Gasteiger partial charge in [-0.3, -0.25) is 0 Å². The highest BCUT2D eigenvalue weighted by Gasteiger charge is 2.19. The molecule has 1 atom stereocenters. The summed E-state index contributed by atoms with van der Waals surface area (Å²) in [6.07, 6.45) is 2.92. The number of H-pyrrole nitrogens is 1. The van der Waals surface area contributed by atoms with E-state index in [0.29, 0.717) is 29.3 Å². The van der Waals surface area contributed by atoms with Crippen molar-refractivity contribution in [2.45, 2.75) is 32.8 Å². The van der Waals surface area contributed by atoms with Crippen LogP contribution in [0, 0.1) is 0 Å². The molecule has 0 amide bonds. The van der Waals surface area contributed by atoms with E-state index in [1.807, 2.05) is 44.3 Å². The number of hydrogen-bond acceptors (Lipinski definition) is 8. The maximum absolute atomic E-state index is 12.9. The summed E-state index contributed by atoms with van der Waals surface area (Å²) in [7, 11) is 3.85. The number of methoxy groups -OCH3 is 1. The van der Waals surface area contributed by atoms with Gasteiger partial charge in [-0.25, -0.2) is 14.8 Å². The Bertz CT molecular complexity index is 1440. The zero-order chi connectivity index (χ0) is 27.4. The number of carbonyl (C=O) groups is 1. The summed E-state index contributed by atoms with van der Waals surface area (Å²) < 4.78 is 11.4. The number of rotatable bonds is 9. The average molecular weight is 529 g/mol. The summed E-state index contributed by atoms with van der Waals surface area (Å²) >= 11 is 0. The first-order valence-electron chi connectivity index (χ1n) is 13.5. The van der Waals surface area contributed by atoms with E-state index < -0.39 is 0 Å². The van der Waals surface area contributed by atoms with Crippen molar-refractivity contribution in [1.29, 1.82) is 0 Å². The molecule has 5 rings (SSSR count). The van der Waals surface area contributed by atoms with E-state index in [1.54, 1.807) is 13.2 Å². The summed E-state index contributed by atoms with van der Waals surface area (Å²) in [5.41, 5.74) is 4.80. The van der Waals surface area contributed by atoms with Gasteiger partial charge in [0.1, 0.15) is 17.1 Å². The van der Waals surface area contributed by atoms with Gasteiger partial charge in [0.25, 0.3) is 0 Å². The van der Waals surface area contributed by atoms with Gasteiger partial charge in [0.2, 0.25) is 0 Å². The van der Waals surface area contributed by atoms with Crippen LogP contribution in [0.3, 0.4) is 0 Å². The number of piperazine rings is 1. The first-order valence-corrected chi connectivity index (χ1v) is 13.5. The molecule has 1 unspecified atom stereocenters. The van der Waals surface area contributed by atoms with E-state index in [0.717, 1.165) is 60.6 Å². The van der Waals surface area contributed by atoms with Gasteiger partial charge in [-0.15, -0.1) is 0 Å². The molecule has 0 bridgehead atoms.